The summed E-state index contributed by atoms with van der Waals surface area (Å²) in [7, 11) is 0. The standard InChI is InChI=1S/C22H27N5O5/c1-13(2)32-22(31)19(9-8-17(29)12-24-23)27-21(30)20(25-14(3)28)11-16-10-15-6-4-5-7-18(15)26-16/h4-7,10,12-13,19-20,23,26H,8-9,11H2,1-3H3,(H-,25,27,28,30)/p+1/t19-,20-/m0/s1. The van der Waals surface area contributed by atoms with E-state index in [4.69, 9.17) is 10.3 Å². The van der Waals surface area contributed by atoms with E-state index in [0.29, 0.717) is 0 Å². The number of Topliss-reactive ketones (excluding diaryl/α,β-unsaturated/α-hetero) is 1. The number of aromatic nitrogens is 1. The smallest absolute Gasteiger partial charge is 0.372 e. The van der Waals surface area contributed by atoms with Gasteiger partial charge in [-0.15, -0.1) is 0 Å². The van der Waals surface area contributed by atoms with Gasteiger partial charge in [-0.3, -0.25) is 14.4 Å². The summed E-state index contributed by atoms with van der Waals surface area (Å²) in [6, 6.07) is 7.47. The number of esters is 1. The lowest BCUT2D eigenvalue weighted by Gasteiger charge is -2.22. The molecule has 0 bridgehead atoms. The third kappa shape index (κ3) is 7.48. The number of aromatic amines is 1. The number of ketones is 1. The number of amides is 2. The van der Waals surface area contributed by atoms with Crippen LogP contribution < -0.4 is 10.6 Å². The van der Waals surface area contributed by atoms with Crippen LogP contribution in [0.3, 0.4) is 0 Å². The second-order valence-electron chi connectivity index (χ2n) is 7.65. The predicted octanol–water partition coefficient (Wildman–Crippen LogP) is 1.31. The summed E-state index contributed by atoms with van der Waals surface area (Å²) in [4.78, 5) is 55.0. The summed E-state index contributed by atoms with van der Waals surface area (Å²) in [6.45, 7) is 4.64. The van der Waals surface area contributed by atoms with Crippen molar-refractivity contribution in [2.45, 2.75) is 58.2 Å². The molecule has 2 rings (SSSR count). The van der Waals surface area contributed by atoms with Crippen molar-refractivity contribution in [3.8, 4) is 0 Å². The Labute approximate surface area is 185 Å². The maximum absolute atomic E-state index is 13.0. The zero-order valence-corrected chi connectivity index (χ0v) is 18.3. The molecule has 0 saturated heterocycles. The topological polar surface area (TPSA) is 155 Å². The summed E-state index contributed by atoms with van der Waals surface area (Å²) in [5.74, 6) is -2.11. The molecule has 0 aliphatic rings. The van der Waals surface area contributed by atoms with Gasteiger partial charge in [-0.1, -0.05) is 18.2 Å². The number of nitrogens with one attached hydrogen (secondary N) is 4. The number of benzene rings is 1. The number of nitrogens with zero attached hydrogens (tertiary/aromatic N) is 1. The summed E-state index contributed by atoms with van der Waals surface area (Å²) < 4.78 is 5.20. The van der Waals surface area contributed by atoms with Crippen LogP contribution >= 0.6 is 0 Å². The lowest BCUT2D eigenvalue weighted by molar-refractivity contribution is -0.152. The van der Waals surface area contributed by atoms with Crippen molar-refractivity contribution < 1.29 is 28.7 Å². The van der Waals surface area contributed by atoms with Gasteiger partial charge in [-0.25, -0.2) is 4.79 Å². The van der Waals surface area contributed by atoms with Crippen LogP contribution in [0.5, 0.6) is 0 Å². The van der Waals surface area contributed by atoms with Gasteiger partial charge in [0.2, 0.25) is 17.6 Å². The number of carbonyl (C=O) groups excluding carboxylic acids is 4. The fraction of sp³-hybridized carbons (Fsp3) is 0.409. The molecule has 0 aliphatic carbocycles. The Morgan fingerprint density at radius 2 is 1.88 bits per heavy atom. The van der Waals surface area contributed by atoms with E-state index in [2.05, 4.69) is 20.4 Å². The molecule has 0 unspecified atom stereocenters. The molecule has 2 atom stereocenters. The second-order valence-corrected chi connectivity index (χ2v) is 7.65. The normalized spacial score (nSPS) is 12.5. The van der Waals surface area contributed by atoms with Gasteiger partial charge in [-0.05, 0) is 37.8 Å². The number of para-hydroxylation sites is 1. The molecule has 32 heavy (non-hydrogen) atoms. The van der Waals surface area contributed by atoms with Gasteiger partial charge < -0.3 is 20.4 Å². The minimum Gasteiger partial charge on any atom is -0.461 e. The van der Waals surface area contributed by atoms with E-state index in [1.165, 1.54) is 6.92 Å². The van der Waals surface area contributed by atoms with Crippen LogP contribution in [-0.2, 0) is 30.3 Å². The lowest BCUT2D eigenvalue weighted by atomic mass is 10.1. The summed E-state index contributed by atoms with van der Waals surface area (Å²) in [5.41, 5.74) is 8.36. The molecule has 2 aromatic rings. The highest BCUT2D eigenvalue weighted by Crippen LogP contribution is 2.16. The number of rotatable bonds is 11. The van der Waals surface area contributed by atoms with Crippen molar-refractivity contribution in [1.82, 2.24) is 15.6 Å². The lowest BCUT2D eigenvalue weighted by Crippen LogP contribution is -2.52. The Balaban J connectivity index is 2.17. The van der Waals surface area contributed by atoms with Crippen LogP contribution in [0.25, 0.3) is 10.9 Å². The zero-order valence-electron chi connectivity index (χ0n) is 18.3. The molecule has 10 nitrogen and oxygen atoms in total. The van der Waals surface area contributed by atoms with Gasteiger partial charge in [-0.2, -0.15) is 0 Å². The van der Waals surface area contributed by atoms with E-state index >= 15 is 0 Å². The number of fused-ring (bicyclic) bond motifs is 1. The number of carbonyl (C=O) groups is 4. The van der Waals surface area contributed by atoms with Crippen molar-refractivity contribution in [2.24, 2.45) is 0 Å². The molecule has 0 fully saturated rings. The maximum Gasteiger partial charge on any atom is 0.372 e. The van der Waals surface area contributed by atoms with Gasteiger partial charge in [0.25, 0.3) is 0 Å². The van der Waals surface area contributed by atoms with Gasteiger partial charge >= 0.3 is 12.2 Å². The van der Waals surface area contributed by atoms with Crippen molar-refractivity contribution in [2.75, 3.05) is 0 Å². The third-order valence-corrected chi connectivity index (χ3v) is 4.54. The van der Waals surface area contributed by atoms with Gasteiger partial charge in [0.05, 0.1) is 16.4 Å². The number of ether oxygens (including phenoxy) is 1. The Bertz CT molecular complexity index is 1010. The molecule has 0 aliphatic heterocycles. The van der Waals surface area contributed by atoms with Crippen LogP contribution in [0.15, 0.2) is 30.3 Å². The molecular weight excluding hydrogens is 414 g/mol. The Morgan fingerprint density at radius 3 is 2.50 bits per heavy atom. The minimum atomic E-state index is -1.09. The fourth-order valence-corrected chi connectivity index (χ4v) is 3.18. The Morgan fingerprint density at radius 1 is 1.16 bits per heavy atom. The van der Waals surface area contributed by atoms with Crippen molar-refractivity contribution in [3.63, 3.8) is 0 Å². The molecule has 0 saturated carbocycles. The fourth-order valence-electron chi connectivity index (χ4n) is 3.18. The van der Waals surface area contributed by atoms with Gasteiger partial charge in [0.15, 0.2) is 0 Å². The molecule has 1 aromatic heterocycles. The van der Waals surface area contributed by atoms with Gasteiger partial charge in [0.1, 0.15) is 12.1 Å². The highest BCUT2D eigenvalue weighted by molar-refractivity contribution is 6.25. The number of hydrogen-bond donors (Lipinski definition) is 4. The molecule has 10 heteroatoms. The first kappa shape index (κ1) is 24.5. The SMILES string of the molecule is CC(=O)N[C@@H](Cc1cc2ccccc2[nH]1)C(=O)N[C@@H](CCC(=O)C=[N+]=N)C(=O)OC(C)C. The second kappa shape index (κ2) is 11.6. The van der Waals surface area contributed by atoms with E-state index in [1.807, 2.05) is 30.3 Å². The van der Waals surface area contributed by atoms with Crippen molar-refractivity contribution in [1.29, 1.82) is 5.53 Å². The summed E-state index contributed by atoms with van der Waals surface area (Å²) in [6.07, 6.45) is 0.471. The quantitative estimate of drug-likeness (QED) is 0.179. The zero-order chi connectivity index (χ0) is 23.7. The van der Waals surface area contributed by atoms with E-state index in [0.717, 1.165) is 22.8 Å². The number of hydrogen-bond acceptors (Lipinski definition) is 6. The van der Waals surface area contributed by atoms with E-state index < -0.39 is 41.8 Å². The summed E-state index contributed by atoms with van der Waals surface area (Å²) in [5, 5.41) is 6.17. The van der Waals surface area contributed by atoms with Crippen molar-refractivity contribution >= 4 is 40.7 Å². The van der Waals surface area contributed by atoms with E-state index in [9.17, 15) is 19.2 Å². The monoisotopic (exact) mass is 442 g/mol. The van der Waals surface area contributed by atoms with Crippen LogP contribution in [0, 0.1) is 5.53 Å². The average Bonchev–Trinajstić information content (AvgIpc) is 3.12. The van der Waals surface area contributed by atoms with Crippen LogP contribution in [0.1, 0.15) is 39.3 Å². The summed E-state index contributed by atoms with van der Waals surface area (Å²) >= 11 is 0. The average molecular weight is 442 g/mol. The largest absolute Gasteiger partial charge is 0.461 e. The van der Waals surface area contributed by atoms with E-state index in [-0.39, 0.29) is 19.3 Å². The molecule has 0 radical (unpaired) electrons. The molecular formula is C22H28N5O5+. The Hall–Kier alpha value is -3.78. The molecule has 0 spiro atoms. The van der Waals surface area contributed by atoms with E-state index in [1.54, 1.807) is 13.8 Å². The Kier molecular flexibility index (Phi) is 8.85. The number of H-pyrrole nitrogens is 1. The van der Waals surface area contributed by atoms with Crippen LogP contribution in [0.4, 0.5) is 0 Å². The molecule has 4 N–H and O–H groups in total. The predicted molar refractivity (Wildman–Crippen MR) is 116 cm³/mol. The highest BCUT2D eigenvalue weighted by atomic mass is 16.5. The highest BCUT2D eigenvalue weighted by Gasteiger charge is 2.29. The van der Waals surface area contributed by atoms with Gasteiger partial charge in [0, 0.05) is 31.0 Å². The first-order valence-corrected chi connectivity index (χ1v) is 10.3. The van der Waals surface area contributed by atoms with Crippen LogP contribution in [-0.4, -0.2) is 57.7 Å². The first-order valence-electron chi connectivity index (χ1n) is 10.3. The van der Waals surface area contributed by atoms with Crippen LogP contribution in [0.2, 0.25) is 0 Å². The molecule has 2 amide bonds. The molecule has 170 valence electrons. The maximum atomic E-state index is 13.0. The minimum absolute atomic E-state index is 0.0265. The van der Waals surface area contributed by atoms with Crippen molar-refractivity contribution in [3.05, 3.63) is 36.0 Å². The first-order chi connectivity index (χ1) is 15.2. The molecule has 1 aromatic carbocycles. The molecule has 1 heterocycles. The third-order valence-electron chi connectivity index (χ3n) is 4.54.